The van der Waals surface area contributed by atoms with E-state index in [2.05, 4.69) is 33.0 Å². The predicted molar refractivity (Wildman–Crippen MR) is 120 cm³/mol. The molecule has 0 amide bonds. The maximum Gasteiger partial charge on any atom is 0.122 e. The van der Waals surface area contributed by atoms with E-state index >= 15 is 0 Å². The van der Waals surface area contributed by atoms with Gasteiger partial charge in [-0.2, -0.15) is 0 Å². The summed E-state index contributed by atoms with van der Waals surface area (Å²) in [5.41, 5.74) is 0.919. The molecule has 0 aromatic carbocycles. The Bertz CT molecular complexity index is 686. The SMILES string of the molecule is C[C@@H]1CC[C@]2(NC1)O[C@H]1C[C@H]3[C@H]4CC[C@H]5C[C@H](O)CC[C@@]5(C)[C@H]4CC[C@@]3(C)[C@H]1[C@@H]2C. The third kappa shape index (κ3) is 2.61. The Balaban J connectivity index is 1.26. The van der Waals surface area contributed by atoms with Crippen molar-refractivity contribution in [2.24, 2.45) is 52.3 Å². The summed E-state index contributed by atoms with van der Waals surface area (Å²) in [5.74, 6) is 5.57. The van der Waals surface area contributed by atoms with Gasteiger partial charge in [0, 0.05) is 12.5 Å². The Morgan fingerprint density at radius 2 is 1.67 bits per heavy atom. The van der Waals surface area contributed by atoms with Gasteiger partial charge in [-0.05, 0) is 111 Å². The maximum absolute atomic E-state index is 10.3. The van der Waals surface area contributed by atoms with Gasteiger partial charge in [0.2, 0.25) is 0 Å². The number of hydrogen-bond donors (Lipinski definition) is 2. The van der Waals surface area contributed by atoms with E-state index in [1.54, 1.807) is 0 Å². The first-order chi connectivity index (χ1) is 14.3. The molecular formula is C27H45NO2. The van der Waals surface area contributed by atoms with Crippen LogP contribution in [-0.4, -0.2) is 29.6 Å². The van der Waals surface area contributed by atoms with Crippen LogP contribution in [0.4, 0.5) is 0 Å². The zero-order valence-electron chi connectivity index (χ0n) is 19.8. The highest BCUT2D eigenvalue weighted by Gasteiger charge is 2.68. The molecule has 30 heavy (non-hydrogen) atoms. The van der Waals surface area contributed by atoms with Crippen LogP contribution in [0.5, 0.6) is 0 Å². The van der Waals surface area contributed by atoms with E-state index in [9.17, 15) is 5.11 Å². The molecule has 12 atom stereocenters. The number of piperidine rings is 1. The van der Waals surface area contributed by atoms with Crippen LogP contribution >= 0.6 is 0 Å². The molecule has 6 fully saturated rings. The average Bonchev–Trinajstić information content (AvgIpc) is 3.16. The second-order valence-corrected chi connectivity index (χ2v) is 13.3. The van der Waals surface area contributed by atoms with E-state index in [0.717, 1.165) is 54.9 Å². The van der Waals surface area contributed by atoms with Crippen LogP contribution in [0.2, 0.25) is 0 Å². The summed E-state index contributed by atoms with van der Waals surface area (Å²) in [5, 5.41) is 14.2. The molecule has 6 rings (SSSR count). The van der Waals surface area contributed by atoms with Crippen LogP contribution in [0, 0.1) is 52.3 Å². The van der Waals surface area contributed by atoms with Crippen molar-refractivity contribution in [3.63, 3.8) is 0 Å². The lowest BCUT2D eigenvalue weighted by Gasteiger charge is -2.61. The predicted octanol–water partition coefficient (Wildman–Crippen LogP) is 5.37. The lowest BCUT2D eigenvalue weighted by molar-refractivity contribution is -0.140. The fourth-order valence-corrected chi connectivity index (χ4v) is 10.4. The van der Waals surface area contributed by atoms with Crippen LogP contribution in [0.3, 0.4) is 0 Å². The first-order valence-corrected chi connectivity index (χ1v) is 13.4. The third-order valence-electron chi connectivity index (χ3n) is 12.1. The summed E-state index contributed by atoms with van der Waals surface area (Å²) in [7, 11) is 0. The van der Waals surface area contributed by atoms with Gasteiger partial charge in [-0.25, -0.2) is 0 Å². The lowest BCUT2D eigenvalue weighted by atomic mass is 9.44. The van der Waals surface area contributed by atoms with Gasteiger partial charge in [-0.15, -0.1) is 0 Å². The van der Waals surface area contributed by atoms with Gasteiger partial charge >= 0.3 is 0 Å². The molecule has 0 aromatic heterocycles. The molecule has 2 saturated heterocycles. The minimum Gasteiger partial charge on any atom is -0.393 e. The molecule has 4 saturated carbocycles. The van der Waals surface area contributed by atoms with Crippen LogP contribution < -0.4 is 5.32 Å². The molecule has 0 bridgehead atoms. The van der Waals surface area contributed by atoms with Gasteiger partial charge in [-0.3, -0.25) is 5.32 Å². The Kier molecular flexibility index (Phi) is 4.58. The van der Waals surface area contributed by atoms with E-state index in [-0.39, 0.29) is 11.8 Å². The number of ether oxygens (including phenoxy) is 1. The van der Waals surface area contributed by atoms with Gasteiger partial charge in [0.05, 0.1) is 12.2 Å². The molecule has 4 aliphatic carbocycles. The van der Waals surface area contributed by atoms with Gasteiger partial charge in [0.15, 0.2) is 0 Å². The fraction of sp³-hybridized carbons (Fsp3) is 1.00. The second-order valence-electron chi connectivity index (χ2n) is 13.3. The van der Waals surface area contributed by atoms with Crippen molar-refractivity contribution in [2.45, 2.75) is 110 Å². The van der Waals surface area contributed by atoms with Crippen molar-refractivity contribution >= 4 is 0 Å². The molecule has 170 valence electrons. The van der Waals surface area contributed by atoms with Crippen LogP contribution in [-0.2, 0) is 4.74 Å². The van der Waals surface area contributed by atoms with Gasteiger partial charge in [0.25, 0.3) is 0 Å². The Labute approximate surface area is 184 Å². The molecule has 2 aliphatic heterocycles. The van der Waals surface area contributed by atoms with Crippen molar-refractivity contribution in [2.75, 3.05) is 6.54 Å². The van der Waals surface area contributed by atoms with Gasteiger partial charge in [-0.1, -0.05) is 27.7 Å². The topological polar surface area (TPSA) is 41.5 Å². The molecule has 2 N–H and O–H groups in total. The van der Waals surface area contributed by atoms with E-state index in [4.69, 9.17) is 4.74 Å². The minimum atomic E-state index is -0.0320. The first kappa shape index (κ1) is 20.5. The summed E-state index contributed by atoms with van der Waals surface area (Å²) in [6, 6.07) is 0. The Hall–Kier alpha value is -0.120. The molecule has 3 nitrogen and oxygen atoms in total. The molecule has 0 aromatic rings. The number of rotatable bonds is 0. The van der Waals surface area contributed by atoms with E-state index in [1.165, 1.54) is 51.4 Å². The largest absolute Gasteiger partial charge is 0.393 e. The van der Waals surface area contributed by atoms with Crippen molar-refractivity contribution in [1.82, 2.24) is 5.32 Å². The normalized spacial score (nSPS) is 62.5. The van der Waals surface area contributed by atoms with Crippen molar-refractivity contribution in [1.29, 1.82) is 0 Å². The lowest BCUT2D eigenvalue weighted by Crippen LogP contribution is -2.57. The van der Waals surface area contributed by atoms with Gasteiger partial charge < -0.3 is 9.84 Å². The molecular weight excluding hydrogens is 370 g/mol. The standard InChI is InChI=1S/C27H45NO2/c1-16-7-12-27(28-15-16)17(2)24-23(30-27)14-22-20-6-5-18-13-19(29)8-10-25(18,3)21(20)9-11-26(22,24)4/h16-24,28-29H,5-15H2,1-4H3/t16-,17+,18+,19-,20+,21+,22+,23+,24+,25-,26-,27+/m1/s1. The fourth-order valence-electron chi connectivity index (χ4n) is 10.4. The van der Waals surface area contributed by atoms with Crippen molar-refractivity contribution < 1.29 is 9.84 Å². The number of aliphatic hydroxyl groups is 1. The minimum absolute atomic E-state index is 0.0319. The Morgan fingerprint density at radius 1 is 0.867 bits per heavy atom. The van der Waals surface area contributed by atoms with Crippen molar-refractivity contribution in [3.05, 3.63) is 0 Å². The maximum atomic E-state index is 10.3. The highest BCUT2D eigenvalue weighted by Crippen LogP contribution is 2.71. The van der Waals surface area contributed by atoms with E-state index in [1.807, 2.05) is 0 Å². The summed E-state index contributed by atoms with van der Waals surface area (Å²) in [6.45, 7) is 11.3. The van der Waals surface area contributed by atoms with E-state index < -0.39 is 0 Å². The highest BCUT2D eigenvalue weighted by atomic mass is 16.5. The quantitative estimate of drug-likeness (QED) is 0.559. The third-order valence-corrected chi connectivity index (χ3v) is 12.1. The van der Waals surface area contributed by atoms with Crippen LogP contribution in [0.1, 0.15) is 91.9 Å². The summed E-state index contributed by atoms with van der Waals surface area (Å²) < 4.78 is 7.01. The summed E-state index contributed by atoms with van der Waals surface area (Å²) in [4.78, 5) is 0. The first-order valence-electron chi connectivity index (χ1n) is 13.4. The number of hydrogen-bond acceptors (Lipinski definition) is 3. The van der Waals surface area contributed by atoms with Crippen LogP contribution in [0.15, 0.2) is 0 Å². The summed E-state index contributed by atoms with van der Waals surface area (Å²) >= 11 is 0. The average molecular weight is 416 g/mol. The molecule has 6 aliphatic rings. The zero-order valence-corrected chi connectivity index (χ0v) is 19.8. The number of nitrogens with one attached hydrogen (secondary N) is 1. The van der Waals surface area contributed by atoms with Crippen LogP contribution in [0.25, 0.3) is 0 Å². The van der Waals surface area contributed by atoms with E-state index in [0.29, 0.717) is 22.9 Å². The highest BCUT2D eigenvalue weighted by molar-refractivity contribution is 5.16. The van der Waals surface area contributed by atoms with Crippen molar-refractivity contribution in [3.8, 4) is 0 Å². The molecule has 3 heteroatoms. The second kappa shape index (κ2) is 6.70. The number of fused-ring (bicyclic) bond motifs is 7. The Morgan fingerprint density at radius 3 is 2.43 bits per heavy atom. The smallest absolute Gasteiger partial charge is 0.122 e. The molecule has 1 spiro atoms. The monoisotopic (exact) mass is 415 g/mol. The number of aliphatic hydroxyl groups excluding tert-OH is 1. The zero-order chi connectivity index (χ0) is 20.9. The van der Waals surface area contributed by atoms with Gasteiger partial charge in [0.1, 0.15) is 5.72 Å². The molecule has 2 heterocycles. The molecule has 0 radical (unpaired) electrons. The molecule has 0 unspecified atom stereocenters. The summed E-state index contributed by atoms with van der Waals surface area (Å²) in [6.07, 6.45) is 13.2.